The molecule has 0 saturated heterocycles. The Morgan fingerprint density at radius 3 is 2.69 bits per heavy atom. The summed E-state index contributed by atoms with van der Waals surface area (Å²) in [5, 5.41) is 5.82. The summed E-state index contributed by atoms with van der Waals surface area (Å²) in [5.41, 5.74) is 0. The SMILES string of the molecule is CCCNC(Cc1cc(Br)cs1)CC(C)C. The van der Waals surface area contributed by atoms with Crippen LogP contribution in [0.25, 0.3) is 0 Å². The highest BCUT2D eigenvalue weighted by Crippen LogP contribution is 2.22. The quantitative estimate of drug-likeness (QED) is 0.784. The zero-order chi connectivity index (χ0) is 12.0. The van der Waals surface area contributed by atoms with Crippen LogP contribution in [0.1, 0.15) is 38.5 Å². The van der Waals surface area contributed by atoms with Gasteiger partial charge >= 0.3 is 0 Å². The first-order chi connectivity index (χ1) is 7.61. The summed E-state index contributed by atoms with van der Waals surface area (Å²) in [6.07, 6.45) is 3.63. The van der Waals surface area contributed by atoms with Gasteiger partial charge in [0.1, 0.15) is 0 Å². The van der Waals surface area contributed by atoms with Crippen LogP contribution in [0.5, 0.6) is 0 Å². The third-order valence-electron chi connectivity index (χ3n) is 2.51. The van der Waals surface area contributed by atoms with Crippen molar-refractivity contribution in [2.24, 2.45) is 5.92 Å². The minimum absolute atomic E-state index is 0.630. The van der Waals surface area contributed by atoms with E-state index < -0.39 is 0 Å². The van der Waals surface area contributed by atoms with Crippen molar-refractivity contribution in [2.45, 2.75) is 46.1 Å². The molecule has 16 heavy (non-hydrogen) atoms. The van der Waals surface area contributed by atoms with Crippen molar-refractivity contribution < 1.29 is 0 Å². The fourth-order valence-corrected chi connectivity index (χ4v) is 3.39. The second-order valence-electron chi connectivity index (χ2n) is 4.72. The third-order valence-corrected chi connectivity index (χ3v) is 4.23. The van der Waals surface area contributed by atoms with Crippen LogP contribution in [0.3, 0.4) is 0 Å². The maximum Gasteiger partial charge on any atom is 0.0285 e. The van der Waals surface area contributed by atoms with E-state index in [-0.39, 0.29) is 0 Å². The van der Waals surface area contributed by atoms with E-state index in [1.165, 1.54) is 22.2 Å². The monoisotopic (exact) mass is 303 g/mol. The third kappa shape index (κ3) is 5.46. The molecule has 0 radical (unpaired) electrons. The topological polar surface area (TPSA) is 12.0 Å². The minimum Gasteiger partial charge on any atom is -0.314 e. The molecule has 1 nitrogen and oxygen atoms in total. The van der Waals surface area contributed by atoms with Crippen LogP contribution in [0.4, 0.5) is 0 Å². The fraction of sp³-hybridized carbons (Fsp3) is 0.692. The molecule has 0 fully saturated rings. The molecule has 0 saturated carbocycles. The molecule has 0 bridgehead atoms. The molecule has 0 aliphatic rings. The lowest BCUT2D eigenvalue weighted by molar-refractivity contribution is 0.418. The number of hydrogen-bond acceptors (Lipinski definition) is 2. The number of nitrogens with one attached hydrogen (secondary N) is 1. The zero-order valence-electron chi connectivity index (χ0n) is 10.4. The first-order valence-electron chi connectivity index (χ1n) is 6.08. The molecule has 92 valence electrons. The van der Waals surface area contributed by atoms with E-state index in [2.05, 4.69) is 53.5 Å². The second-order valence-corrected chi connectivity index (χ2v) is 6.63. The van der Waals surface area contributed by atoms with Crippen molar-refractivity contribution in [3.8, 4) is 0 Å². The normalized spacial score (nSPS) is 13.3. The van der Waals surface area contributed by atoms with Crippen LogP contribution >= 0.6 is 27.3 Å². The van der Waals surface area contributed by atoms with Crippen LogP contribution in [0, 0.1) is 5.92 Å². The predicted molar refractivity (Wildman–Crippen MR) is 77.3 cm³/mol. The Labute approximate surface area is 112 Å². The fourth-order valence-electron chi connectivity index (χ4n) is 1.86. The van der Waals surface area contributed by atoms with Gasteiger partial charge in [0.05, 0.1) is 0 Å². The molecule has 0 spiro atoms. The predicted octanol–water partition coefficient (Wildman–Crippen LogP) is 4.47. The Hall–Kier alpha value is 0.140. The molecule has 1 unspecified atom stereocenters. The first-order valence-corrected chi connectivity index (χ1v) is 7.75. The van der Waals surface area contributed by atoms with E-state index in [4.69, 9.17) is 0 Å². The number of hydrogen-bond donors (Lipinski definition) is 1. The van der Waals surface area contributed by atoms with Gasteiger partial charge in [-0.15, -0.1) is 11.3 Å². The molecule has 1 rings (SSSR count). The summed E-state index contributed by atoms with van der Waals surface area (Å²) < 4.78 is 1.21. The minimum atomic E-state index is 0.630. The highest BCUT2D eigenvalue weighted by atomic mass is 79.9. The molecule has 1 aromatic rings. The van der Waals surface area contributed by atoms with Gasteiger partial charge in [0.2, 0.25) is 0 Å². The molecule has 1 N–H and O–H groups in total. The summed E-state index contributed by atoms with van der Waals surface area (Å²) in [6, 6.07) is 2.87. The van der Waals surface area contributed by atoms with E-state index in [1.807, 2.05) is 11.3 Å². The van der Waals surface area contributed by atoms with Gasteiger partial charge in [-0.05, 0) is 53.7 Å². The van der Waals surface area contributed by atoms with E-state index in [1.54, 1.807) is 0 Å². The molecule has 1 heterocycles. The van der Waals surface area contributed by atoms with Gasteiger partial charge in [0.25, 0.3) is 0 Å². The van der Waals surface area contributed by atoms with Crippen molar-refractivity contribution in [1.29, 1.82) is 0 Å². The van der Waals surface area contributed by atoms with Crippen molar-refractivity contribution in [1.82, 2.24) is 5.32 Å². The van der Waals surface area contributed by atoms with Crippen molar-refractivity contribution >= 4 is 27.3 Å². The molecule has 3 heteroatoms. The van der Waals surface area contributed by atoms with Gasteiger partial charge in [-0.2, -0.15) is 0 Å². The van der Waals surface area contributed by atoms with Crippen LogP contribution < -0.4 is 5.32 Å². The van der Waals surface area contributed by atoms with Crippen molar-refractivity contribution in [3.05, 3.63) is 20.8 Å². The maximum absolute atomic E-state index is 3.65. The Balaban J connectivity index is 2.48. The van der Waals surface area contributed by atoms with Gasteiger partial charge in [0, 0.05) is 20.8 Å². The number of halogens is 1. The Morgan fingerprint density at radius 2 is 2.19 bits per heavy atom. The second kappa shape index (κ2) is 7.46. The molecular weight excluding hydrogens is 282 g/mol. The van der Waals surface area contributed by atoms with Gasteiger partial charge in [-0.25, -0.2) is 0 Å². The maximum atomic E-state index is 3.65. The van der Waals surface area contributed by atoms with E-state index in [0.717, 1.165) is 18.9 Å². The highest BCUT2D eigenvalue weighted by molar-refractivity contribution is 9.10. The van der Waals surface area contributed by atoms with Gasteiger partial charge in [-0.3, -0.25) is 0 Å². The summed E-state index contributed by atoms with van der Waals surface area (Å²) in [5.74, 6) is 0.762. The molecule has 0 aliphatic heterocycles. The summed E-state index contributed by atoms with van der Waals surface area (Å²) >= 11 is 5.37. The van der Waals surface area contributed by atoms with Crippen LogP contribution in [-0.2, 0) is 6.42 Å². The Morgan fingerprint density at radius 1 is 1.44 bits per heavy atom. The first kappa shape index (κ1) is 14.2. The van der Waals surface area contributed by atoms with Crippen molar-refractivity contribution in [3.63, 3.8) is 0 Å². The molecule has 1 aromatic heterocycles. The average Bonchev–Trinajstić information content (AvgIpc) is 2.59. The molecule has 1 atom stereocenters. The van der Waals surface area contributed by atoms with Gasteiger partial charge < -0.3 is 5.32 Å². The van der Waals surface area contributed by atoms with Crippen LogP contribution in [-0.4, -0.2) is 12.6 Å². The van der Waals surface area contributed by atoms with Gasteiger partial charge in [-0.1, -0.05) is 20.8 Å². The van der Waals surface area contributed by atoms with Crippen LogP contribution in [0.2, 0.25) is 0 Å². The molecule has 0 amide bonds. The van der Waals surface area contributed by atoms with Crippen LogP contribution in [0.15, 0.2) is 15.9 Å². The van der Waals surface area contributed by atoms with E-state index in [0.29, 0.717) is 6.04 Å². The zero-order valence-corrected chi connectivity index (χ0v) is 12.8. The largest absolute Gasteiger partial charge is 0.314 e. The molecule has 0 aliphatic carbocycles. The van der Waals surface area contributed by atoms with E-state index >= 15 is 0 Å². The smallest absolute Gasteiger partial charge is 0.0285 e. The number of thiophene rings is 1. The summed E-state index contributed by atoms with van der Waals surface area (Å²) in [7, 11) is 0. The highest BCUT2D eigenvalue weighted by Gasteiger charge is 2.11. The lowest BCUT2D eigenvalue weighted by atomic mass is 10.0. The number of rotatable bonds is 7. The molecule has 0 aromatic carbocycles. The van der Waals surface area contributed by atoms with Crippen molar-refractivity contribution in [2.75, 3.05) is 6.54 Å². The average molecular weight is 304 g/mol. The summed E-state index contributed by atoms with van der Waals surface area (Å²) in [4.78, 5) is 1.47. The lowest BCUT2D eigenvalue weighted by Crippen LogP contribution is -2.32. The van der Waals surface area contributed by atoms with E-state index in [9.17, 15) is 0 Å². The lowest BCUT2D eigenvalue weighted by Gasteiger charge is -2.19. The standard InChI is InChI=1S/C13H22BrNS/c1-4-5-15-12(6-10(2)3)8-13-7-11(14)9-16-13/h7,9-10,12,15H,4-6,8H2,1-3H3. The molecular formula is C13H22BrNS. The van der Waals surface area contributed by atoms with Gasteiger partial charge in [0.15, 0.2) is 0 Å². The summed E-state index contributed by atoms with van der Waals surface area (Å²) in [6.45, 7) is 7.95. The Kier molecular flexibility index (Phi) is 6.62. The Bertz CT molecular complexity index is 296.